The van der Waals surface area contributed by atoms with E-state index in [4.69, 9.17) is 15.2 Å². The molecule has 2 N–H and O–H groups in total. The van der Waals surface area contributed by atoms with Crippen molar-refractivity contribution in [3.05, 3.63) is 0 Å². The second kappa shape index (κ2) is 12.1. The summed E-state index contributed by atoms with van der Waals surface area (Å²) in [5, 5.41) is 17.7. The average Bonchev–Trinajstić information content (AvgIpc) is 1.62. The summed E-state index contributed by atoms with van der Waals surface area (Å²) in [6, 6.07) is 0. The molecule has 1 radical (unpaired) electrons. The van der Waals surface area contributed by atoms with Gasteiger partial charge in [0.1, 0.15) is 0 Å². The number of carboxylic acids is 1. The summed E-state index contributed by atoms with van der Waals surface area (Å²) in [7, 11) is 0. The zero-order valence-electron chi connectivity index (χ0n) is 5.83. The summed E-state index contributed by atoms with van der Waals surface area (Å²) in [4.78, 5) is 22.0. The Labute approximate surface area is 73.4 Å². The summed E-state index contributed by atoms with van der Waals surface area (Å²) >= 11 is 0. The Hall–Kier alpha value is -0.621. The molecule has 11 heavy (non-hydrogen) atoms. The minimum atomic E-state index is -0.833. The van der Waals surface area contributed by atoms with Gasteiger partial charge in [-0.2, -0.15) is 0 Å². The Bertz CT molecular complexity index is 109. The molecule has 0 aliphatic carbocycles. The Balaban J connectivity index is -0.000000114. The summed E-state index contributed by atoms with van der Waals surface area (Å²) in [5.74, 6) is -1.52. The van der Waals surface area contributed by atoms with Crippen LogP contribution in [0, 0.1) is 0 Å². The first-order valence-corrected chi connectivity index (χ1v) is 2.19. The topological polar surface area (TPSA) is 93.1 Å². The van der Waals surface area contributed by atoms with E-state index >= 15 is 0 Å². The molecule has 0 saturated carbocycles. The molecule has 0 aromatic rings. The Kier molecular flexibility index (Phi) is 18.4. The van der Waals surface area contributed by atoms with E-state index in [1.54, 1.807) is 0 Å². The molecule has 0 fully saturated rings. The number of aliphatic carboxylic acids is 1. The summed E-state index contributed by atoms with van der Waals surface area (Å²) in [5.41, 5.74) is 0. The van der Waals surface area contributed by atoms with Gasteiger partial charge in [0.25, 0.3) is 5.97 Å². The van der Waals surface area contributed by atoms with Crippen molar-refractivity contribution in [1.29, 1.82) is 0 Å². The molecule has 6 nitrogen and oxygen atoms in total. The predicted octanol–water partition coefficient (Wildman–Crippen LogP) is 0.0425. The second-order valence-corrected chi connectivity index (χ2v) is 1.17. The molecule has 0 aliphatic rings. The van der Waals surface area contributed by atoms with Crippen LogP contribution in [0.5, 0.6) is 0 Å². The minimum Gasteiger partial charge on any atom is -0.481 e. The van der Waals surface area contributed by atoms with E-state index in [2.05, 4.69) is 9.93 Å². The molecule has 0 rings (SSSR count). The van der Waals surface area contributed by atoms with E-state index in [1.165, 1.54) is 0 Å². The van der Waals surface area contributed by atoms with Crippen molar-refractivity contribution < 1.29 is 46.9 Å². The molecule has 0 amide bonds. The van der Waals surface area contributed by atoms with E-state index in [-0.39, 0.29) is 17.1 Å². The number of carboxylic acid groups (broad SMARTS) is 1. The molecular formula is C4H8CuO6. The van der Waals surface area contributed by atoms with Gasteiger partial charge >= 0.3 is 5.97 Å². The molecule has 0 aliphatic heterocycles. The number of hydrogen-bond acceptors (Lipinski definition) is 5. The largest absolute Gasteiger partial charge is 0.481 e. The molecule has 0 bridgehead atoms. The Morgan fingerprint density at radius 1 is 1.27 bits per heavy atom. The number of carbonyl (C=O) groups is 2. The van der Waals surface area contributed by atoms with Gasteiger partial charge in [-0.15, -0.1) is 0 Å². The van der Waals surface area contributed by atoms with E-state index < -0.39 is 11.9 Å². The van der Waals surface area contributed by atoms with Crippen LogP contribution in [-0.2, 0) is 36.6 Å². The van der Waals surface area contributed by atoms with Crippen molar-refractivity contribution in [2.45, 2.75) is 13.8 Å². The maximum absolute atomic E-state index is 9.54. The van der Waals surface area contributed by atoms with Crippen LogP contribution >= 0.6 is 0 Å². The summed E-state index contributed by atoms with van der Waals surface area (Å²) in [6.07, 6.45) is 0. The van der Waals surface area contributed by atoms with Crippen molar-refractivity contribution in [1.82, 2.24) is 0 Å². The normalized spacial score (nSPS) is 6.45. The van der Waals surface area contributed by atoms with Crippen molar-refractivity contribution in [2.24, 2.45) is 0 Å². The van der Waals surface area contributed by atoms with Crippen molar-refractivity contribution in [3.8, 4) is 0 Å². The van der Waals surface area contributed by atoms with Crippen molar-refractivity contribution >= 4 is 11.9 Å². The van der Waals surface area contributed by atoms with E-state index in [9.17, 15) is 4.79 Å². The van der Waals surface area contributed by atoms with Crippen LogP contribution in [0.1, 0.15) is 13.8 Å². The van der Waals surface area contributed by atoms with Crippen LogP contribution in [0.4, 0.5) is 0 Å². The SMILES string of the molecule is CC(=O)O.CC(=O)OOO.[Cu]. The van der Waals surface area contributed by atoms with Crippen LogP contribution in [0.25, 0.3) is 0 Å². The first-order chi connectivity index (χ1) is 4.50. The molecule has 0 aromatic heterocycles. The van der Waals surface area contributed by atoms with Gasteiger partial charge < -0.3 is 5.11 Å². The van der Waals surface area contributed by atoms with E-state index in [1.807, 2.05) is 0 Å². The smallest absolute Gasteiger partial charge is 0.342 e. The standard InChI is InChI=1S/C2H4O4.C2H4O2.Cu/c1-2(3)5-6-4;1-2(3)4;/h4H,1H3;1H3,(H,3,4);. The fraction of sp³-hybridized carbons (Fsp3) is 0.500. The number of rotatable bonds is 1. The van der Waals surface area contributed by atoms with Gasteiger partial charge in [-0.3, -0.25) is 9.68 Å². The van der Waals surface area contributed by atoms with Crippen LogP contribution in [0.3, 0.4) is 0 Å². The van der Waals surface area contributed by atoms with Crippen molar-refractivity contribution in [3.63, 3.8) is 0 Å². The first-order valence-electron chi connectivity index (χ1n) is 2.19. The van der Waals surface area contributed by atoms with Crippen LogP contribution in [-0.4, -0.2) is 22.3 Å². The van der Waals surface area contributed by atoms with Crippen LogP contribution in [0.2, 0.25) is 0 Å². The second-order valence-electron chi connectivity index (χ2n) is 1.17. The molecule has 0 aromatic carbocycles. The van der Waals surface area contributed by atoms with E-state index in [0.717, 1.165) is 13.8 Å². The van der Waals surface area contributed by atoms with Gasteiger partial charge in [0.2, 0.25) is 0 Å². The van der Waals surface area contributed by atoms with Gasteiger partial charge in [0, 0.05) is 30.9 Å². The van der Waals surface area contributed by atoms with E-state index in [0.29, 0.717) is 0 Å². The van der Waals surface area contributed by atoms with Crippen LogP contribution in [0.15, 0.2) is 0 Å². The fourth-order valence-corrected chi connectivity index (χ4v) is 0.0525. The zero-order chi connectivity index (χ0) is 8.57. The predicted molar refractivity (Wildman–Crippen MR) is 28.8 cm³/mol. The molecule has 71 valence electrons. The zero-order valence-corrected chi connectivity index (χ0v) is 6.77. The molecule has 7 heteroatoms. The first kappa shape index (κ1) is 16.8. The summed E-state index contributed by atoms with van der Waals surface area (Å²) in [6.45, 7) is 2.19. The summed E-state index contributed by atoms with van der Waals surface area (Å²) < 4.78 is 0. The van der Waals surface area contributed by atoms with Gasteiger partial charge in [0.05, 0.1) is 0 Å². The maximum atomic E-state index is 9.54. The average molecular weight is 216 g/mol. The molecular weight excluding hydrogens is 208 g/mol. The quantitative estimate of drug-likeness (QED) is 0.365. The molecule has 0 saturated heterocycles. The Morgan fingerprint density at radius 2 is 1.55 bits per heavy atom. The van der Waals surface area contributed by atoms with Gasteiger partial charge in [0.15, 0.2) is 0 Å². The third kappa shape index (κ3) is 90.2. The van der Waals surface area contributed by atoms with Crippen LogP contribution < -0.4 is 0 Å². The fourth-order valence-electron chi connectivity index (χ4n) is 0.0525. The molecule has 0 atom stereocenters. The molecule has 0 spiro atoms. The number of carbonyl (C=O) groups excluding carboxylic acids is 1. The molecule has 0 unspecified atom stereocenters. The monoisotopic (exact) mass is 215 g/mol. The Morgan fingerprint density at radius 3 is 1.55 bits per heavy atom. The van der Waals surface area contributed by atoms with Gasteiger partial charge in [-0.25, -0.2) is 10.1 Å². The maximum Gasteiger partial charge on any atom is 0.342 e. The minimum absolute atomic E-state index is 0. The van der Waals surface area contributed by atoms with Gasteiger partial charge in [-0.05, 0) is 5.04 Å². The van der Waals surface area contributed by atoms with Crippen molar-refractivity contribution in [2.75, 3.05) is 0 Å². The molecule has 0 heterocycles. The number of hydrogen-bond donors (Lipinski definition) is 2. The third-order valence-electron chi connectivity index (χ3n) is 0.155. The van der Waals surface area contributed by atoms with Gasteiger partial charge in [-0.1, -0.05) is 0 Å². The third-order valence-corrected chi connectivity index (χ3v) is 0.155.